The SMILES string of the molecule is CC(C)(O)Cn1ncc2cc(-c3ccc(CN4CC5CNCC5C4)cc3-c3ccc(C#N)c(F)c3)c(F)cc21. The van der Waals surface area contributed by atoms with Gasteiger partial charge in [-0.15, -0.1) is 0 Å². The van der Waals surface area contributed by atoms with Crippen molar-refractivity contribution in [3.05, 3.63) is 77.5 Å². The van der Waals surface area contributed by atoms with Gasteiger partial charge >= 0.3 is 0 Å². The number of nitriles is 1. The quantitative estimate of drug-likeness (QED) is 0.371. The summed E-state index contributed by atoms with van der Waals surface area (Å²) in [6, 6.07) is 15.6. The first-order valence-electron chi connectivity index (χ1n) is 13.3. The molecule has 0 radical (unpaired) electrons. The van der Waals surface area contributed by atoms with E-state index >= 15 is 4.39 Å². The normalized spacial score (nSPS) is 19.5. The maximum absolute atomic E-state index is 15.7. The van der Waals surface area contributed by atoms with Crippen LogP contribution in [0.5, 0.6) is 0 Å². The summed E-state index contributed by atoms with van der Waals surface area (Å²) >= 11 is 0. The molecule has 8 heteroatoms. The molecule has 2 N–H and O–H groups in total. The van der Waals surface area contributed by atoms with Crippen molar-refractivity contribution in [2.45, 2.75) is 32.5 Å². The Balaban J connectivity index is 1.42. The van der Waals surface area contributed by atoms with Crippen LogP contribution in [0.3, 0.4) is 0 Å². The van der Waals surface area contributed by atoms with Gasteiger partial charge in [0.1, 0.15) is 17.7 Å². The molecule has 200 valence electrons. The monoisotopic (exact) mass is 527 g/mol. The summed E-state index contributed by atoms with van der Waals surface area (Å²) in [5.41, 5.74) is 2.96. The topological polar surface area (TPSA) is 77.1 Å². The number of fused-ring (bicyclic) bond motifs is 2. The third-order valence-corrected chi connectivity index (χ3v) is 7.91. The first kappa shape index (κ1) is 25.6. The van der Waals surface area contributed by atoms with Crippen molar-refractivity contribution in [2.24, 2.45) is 11.8 Å². The number of halogens is 2. The number of likely N-dealkylation sites (tertiary alicyclic amines) is 1. The molecular formula is C31H31F2N5O. The van der Waals surface area contributed by atoms with E-state index in [0.29, 0.717) is 39.6 Å². The highest BCUT2D eigenvalue weighted by molar-refractivity contribution is 5.90. The van der Waals surface area contributed by atoms with Crippen molar-refractivity contribution in [3.8, 4) is 28.3 Å². The molecule has 0 saturated carbocycles. The van der Waals surface area contributed by atoms with Gasteiger partial charge in [-0.05, 0) is 85.3 Å². The molecule has 4 aromatic rings. The van der Waals surface area contributed by atoms with Gasteiger partial charge in [0.15, 0.2) is 0 Å². The van der Waals surface area contributed by atoms with E-state index < -0.39 is 17.2 Å². The zero-order chi connectivity index (χ0) is 27.3. The molecule has 0 aliphatic carbocycles. The van der Waals surface area contributed by atoms with E-state index in [0.717, 1.165) is 43.7 Å². The van der Waals surface area contributed by atoms with E-state index in [9.17, 15) is 14.8 Å². The fourth-order valence-electron chi connectivity index (χ4n) is 6.08. The summed E-state index contributed by atoms with van der Waals surface area (Å²) in [7, 11) is 0. The predicted molar refractivity (Wildman–Crippen MR) is 147 cm³/mol. The lowest BCUT2D eigenvalue weighted by Gasteiger charge is -2.19. The number of aliphatic hydroxyl groups is 1. The molecule has 2 unspecified atom stereocenters. The smallest absolute Gasteiger partial charge is 0.141 e. The second-order valence-corrected chi connectivity index (χ2v) is 11.6. The standard InChI is InChI=1S/C31H31F2N5O/c1-31(2,39)18-38-30-10-29(33)27(8-22(30)14-36-38)25-6-3-19(15-37-16-23-12-35-13-24(23)17-37)7-26(25)20-4-5-21(11-34)28(32)9-20/h3-10,14,23-24,35,39H,12-13,15-18H2,1-2H3. The molecule has 6 nitrogen and oxygen atoms in total. The zero-order valence-corrected chi connectivity index (χ0v) is 22.1. The van der Waals surface area contributed by atoms with Gasteiger partial charge in [-0.3, -0.25) is 9.58 Å². The highest BCUT2D eigenvalue weighted by Gasteiger charge is 2.35. The summed E-state index contributed by atoms with van der Waals surface area (Å²) in [6.07, 6.45) is 1.67. The fraction of sp³-hybridized carbons (Fsp3) is 0.355. The Bertz CT molecular complexity index is 1590. The minimum Gasteiger partial charge on any atom is -0.389 e. The molecule has 0 bridgehead atoms. The van der Waals surface area contributed by atoms with Gasteiger partial charge in [-0.25, -0.2) is 8.78 Å². The number of rotatable bonds is 6. The summed E-state index contributed by atoms with van der Waals surface area (Å²) < 4.78 is 32.0. The zero-order valence-electron chi connectivity index (χ0n) is 22.1. The highest BCUT2D eigenvalue weighted by atomic mass is 19.1. The van der Waals surface area contributed by atoms with Gasteiger partial charge < -0.3 is 10.4 Å². The average Bonchev–Trinajstić information content (AvgIpc) is 3.58. The Morgan fingerprint density at radius 3 is 2.46 bits per heavy atom. The van der Waals surface area contributed by atoms with Crippen LogP contribution in [-0.4, -0.2) is 51.6 Å². The lowest BCUT2D eigenvalue weighted by molar-refractivity contribution is 0.0591. The molecule has 39 heavy (non-hydrogen) atoms. The first-order chi connectivity index (χ1) is 18.7. The van der Waals surface area contributed by atoms with Crippen molar-refractivity contribution in [1.82, 2.24) is 20.0 Å². The number of nitrogens with zero attached hydrogens (tertiary/aromatic N) is 4. The lowest BCUT2D eigenvalue weighted by atomic mass is 9.91. The summed E-state index contributed by atoms with van der Waals surface area (Å²) in [5, 5.41) is 28.0. The lowest BCUT2D eigenvalue weighted by Crippen LogP contribution is -2.26. The summed E-state index contributed by atoms with van der Waals surface area (Å²) in [6.45, 7) is 8.56. The van der Waals surface area contributed by atoms with Gasteiger partial charge in [-0.2, -0.15) is 10.4 Å². The van der Waals surface area contributed by atoms with Crippen molar-refractivity contribution >= 4 is 10.9 Å². The molecule has 0 spiro atoms. The van der Waals surface area contributed by atoms with Gasteiger partial charge in [0, 0.05) is 36.7 Å². The Labute approximate surface area is 226 Å². The second kappa shape index (κ2) is 9.83. The molecule has 3 heterocycles. The average molecular weight is 528 g/mol. The van der Waals surface area contributed by atoms with E-state index in [4.69, 9.17) is 0 Å². The van der Waals surface area contributed by atoms with Crippen molar-refractivity contribution in [2.75, 3.05) is 26.2 Å². The van der Waals surface area contributed by atoms with Gasteiger partial charge in [0.2, 0.25) is 0 Å². The summed E-state index contributed by atoms with van der Waals surface area (Å²) in [4.78, 5) is 2.46. The Morgan fingerprint density at radius 1 is 1.00 bits per heavy atom. The third kappa shape index (κ3) is 5.06. The third-order valence-electron chi connectivity index (χ3n) is 7.91. The minimum absolute atomic E-state index is 0.0273. The molecule has 2 aliphatic rings. The number of hydrogen-bond acceptors (Lipinski definition) is 5. The van der Waals surface area contributed by atoms with Gasteiger partial charge in [-0.1, -0.05) is 18.2 Å². The van der Waals surface area contributed by atoms with E-state index in [2.05, 4.69) is 15.3 Å². The van der Waals surface area contributed by atoms with Crippen LogP contribution in [0.2, 0.25) is 0 Å². The van der Waals surface area contributed by atoms with Crippen LogP contribution in [0, 0.1) is 34.8 Å². The Hall–Kier alpha value is -3.64. The Kier molecular flexibility index (Phi) is 6.46. The largest absolute Gasteiger partial charge is 0.389 e. The van der Waals surface area contributed by atoms with Crippen molar-refractivity contribution in [3.63, 3.8) is 0 Å². The maximum Gasteiger partial charge on any atom is 0.141 e. The molecule has 2 saturated heterocycles. The number of aromatic nitrogens is 2. The van der Waals surface area contributed by atoms with Crippen molar-refractivity contribution < 1.29 is 13.9 Å². The fourth-order valence-corrected chi connectivity index (χ4v) is 6.08. The van der Waals surface area contributed by atoms with E-state index in [1.165, 1.54) is 18.2 Å². The van der Waals surface area contributed by atoms with Gasteiger partial charge in [0.25, 0.3) is 0 Å². The number of benzene rings is 3. The van der Waals surface area contributed by atoms with E-state index in [-0.39, 0.29) is 12.1 Å². The molecule has 2 aliphatic heterocycles. The molecule has 2 fully saturated rings. The van der Waals surface area contributed by atoms with E-state index in [1.807, 2.05) is 24.3 Å². The minimum atomic E-state index is -0.999. The van der Waals surface area contributed by atoms with Crippen LogP contribution in [-0.2, 0) is 13.1 Å². The van der Waals surface area contributed by atoms with Crippen LogP contribution >= 0.6 is 0 Å². The van der Waals surface area contributed by atoms with Gasteiger partial charge in [0.05, 0.1) is 29.4 Å². The molecular weight excluding hydrogens is 496 g/mol. The van der Waals surface area contributed by atoms with Crippen LogP contribution in [0.4, 0.5) is 8.78 Å². The maximum atomic E-state index is 15.7. The van der Waals surface area contributed by atoms with Crippen LogP contribution in [0.25, 0.3) is 33.2 Å². The Morgan fingerprint density at radius 2 is 1.77 bits per heavy atom. The van der Waals surface area contributed by atoms with Crippen LogP contribution < -0.4 is 5.32 Å². The van der Waals surface area contributed by atoms with E-state index in [1.54, 1.807) is 36.9 Å². The summed E-state index contributed by atoms with van der Waals surface area (Å²) in [5.74, 6) is 0.321. The number of hydrogen-bond donors (Lipinski definition) is 2. The van der Waals surface area contributed by atoms with Crippen molar-refractivity contribution in [1.29, 1.82) is 5.26 Å². The van der Waals surface area contributed by atoms with Crippen LogP contribution in [0.1, 0.15) is 25.0 Å². The molecule has 0 amide bonds. The number of nitrogens with one attached hydrogen (secondary N) is 1. The molecule has 1 aromatic heterocycles. The second-order valence-electron chi connectivity index (χ2n) is 11.6. The van der Waals surface area contributed by atoms with Crippen LogP contribution in [0.15, 0.2) is 54.7 Å². The molecule has 6 rings (SSSR count). The molecule has 2 atom stereocenters. The molecule has 3 aromatic carbocycles. The first-order valence-corrected chi connectivity index (χ1v) is 13.3. The highest BCUT2D eigenvalue weighted by Crippen LogP contribution is 2.38. The predicted octanol–water partition coefficient (Wildman–Crippen LogP) is 4.94.